The molecule has 122 valence electrons. The van der Waals surface area contributed by atoms with E-state index >= 15 is 0 Å². The van der Waals surface area contributed by atoms with Crippen LogP contribution < -0.4 is 16.4 Å². The summed E-state index contributed by atoms with van der Waals surface area (Å²) in [6.07, 6.45) is 4.14. The Bertz CT molecular complexity index is 487. The van der Waals surface area contributed by atoms with E-state index in [4.69, 9.17) is 5.73 Å². The minimum atomic E-state index is -0.773. The first-order valence-corrected chi connectivity index (χ1v) is 7.48. The van der Waals surface area contributed by atoms with Crippen molar-refractivity contribution in [3.05, 3.63) is 35.9 Å². The van der Waals surface area contributed by atoms with Crippen molar-refractivity contribution in [2.24, 2.45) is 5.73 Å². The van der Waals surface area contributed by atoms with Crippen LogP contribution in [0, 0.1) is 0 Å². The Morgan fingerprint density at radius 3 is 2.36 bits per heavy atom. The molecule has 0 radical (unpaired) electrons. The second-order valence-electron chi connectivity index (χ2n) is 5.63. The van der Waals surface area contributed by atoms with Gasteiger partial charge in [-0.2, -0.15) is 0 Å². The predicted molar refractivity (Wildman–Crippen MR) is 88.8 cm³/mol. The molecule has 2 rings (SSSR count). The van der Waals surface area contributed by atoms with Gasteiger partial charge in [0, 0.05) is 6.54 Å². The average Bonchev–Trinajstić information content (AvgIpc) is 2.94. The van der Waals surface area contributed by atoms with E-state index in [-0.39, 0.29) is 30.8 Å². The van der Waals surface area contributed by atoms with Gasteiger partial charge in [-0.25, -0.2) is 0 Å². The van der Waals surface area contributed by atoms with Crippen molar-refractivity contribution in [3.8, 4) is 0 Å². The van der Waals surface area contributed by atoms with Crippen LogP contribution in [-0.4, -0.2) is 30.4 Å². The highest BCUT2D eigenvalue weighted by Crippen LogP contribution is 2.26. The molecule has 0 heterocycles. The number of carbonyl (C=O) groups is 2. The van der Waals surface area contributed by atoms with E-state index in [9.17, 15) is 9.59 Å². The van der Waals surface area contributed by atoms with Gasteiger partial charge in [0.2, 0.25) is 11.8 Å². The van der Waals surface area contributed by atoms with Crippen LogP contribution in [-0.2, 0) is 16.0 Å². The van der Waals surface area contributed by atoms with Gasteiger partial charge in [-0.15, -0.1) is 12.4 Å². The number of halogens is 1. The van der Waals surface area contributed by atoms with Gasteiger partial charge in [-0.3, -0.25) is 9.59 Å². The standard InChI is InChI=1S/C16H23N3O2.ClH/c17-16(9-4-5-10-16)15(21)19-12-14(20)18-11-8-13-6-2-1-3-7-13;/h1-3,6-7H,4-5,8-12,17H2,(H,18,20)(H,19,21);1H. The lowest BCUT2D eigenvalue weighted by atomic mass is 9.98. The summed E-state index contributed by atoms with van der Waals surface area (Å²) in [5.41, 5.74) is 6.42. The zero-order chi connectivity index (χ0) is 15.1. The molecule has 5 nitrogen and oxygen atoms in total. The Kier molecular flexibility index (Phi) is 7.35. The van der Waals surface area contributed by atoms with Crippen LogP contribution in [0.3, 0.4) is 0 Å². The summed E-state index contributed by atoms with van der Waals surface area (Å²) in [6.45, 7) is 0.555. The van der Waals surface area contributed by atoms with E-state index in [1.54, 1.807) is 0 Å². The number of rotatable bonds is 6. The van der Waals surface area contributed by atoms with E-state index in [0.29, 0.717) is 19.4 Å². The van der Waals surface area contributed by atoms with Crippen molar-refractivity contribution >= 4 is 24.2 Å². The summed E-state index contributed by atoms with van der Waals surface area (Å²) in [6, 6.07) is 9.95. The van der Waals surface area contributed by atoms with Gasteiger partial charge in [0.25, 0.3) is 0 Å². The SMILES string of the molecule is Cl.NC1(C(=O)NCC(=O)NCCc2ccccc2)CCCC1. The molecule has 22 heavy (non-hydrogen) atoms. The fourth-order valence-corrected chi connectivity index (χ4v) is 2.62. The summed E-state index contributed by atoms with van der Waals surface area (Å²) < 4.78 is 0. The zero-order valence-electron chi connectivity index (χ0n) is 12.6. The van der Waals surface area contributed by atoms with Gasteiger partial charge < -0.3 is 16.4 Å². The van der Waals surface area contributed by atoms with Gasteiger partial charge in [0.15, 0.2) is 0 Å². The second-order valence-corrected chi connectivity index (χ2v) is 5.63. The van der Waals surface area contributed by atoms with Crippen LogP contribution in [0.25, 0.3) is 0 Å². The van der Waals surface area contributed by atoms with Gasteiger partial charge >= 0.3 is 0 Å². The molecule has 0 spiro atoms. The number of benzene rings is 1. The topological polar surface area (TPSA) is 84.2 Å². The quantitative estimate of drug-likeness (QED) is 0.733. The van der Waals surface area contributed by atoms with E-state index in [1.807, 2.05) is 30.3 Å². The molecule has 0 unspecified atom stereocenters. The van der Waals surface area contributed by atoms with Gasteiger partial charge in [-0.1, -0.05) is 43.2 Å². The number of hydrogen-bond donors (Lipinski definition) is 3. The fraction of sp³-hybridized carbons (Fsp3) is 0.500. The Balaban J connectivity index is 0.00000242. The first-order valence-electron chi connectivity index (χ1n) is 7.48. The van der Waals surface area contributed by atoms with Crippen molar-refractivity contribution in [2.45, 2.75) is 37.6 Å². The Labute approximate surface area is 137 Å². The smallest absolute Gasteiger partial charge is 0.240 e. The molecule has 1 fully saturated rings. The monoisotopic (exact) mass is 325 g/mol. The summed E-state index contributed by atoms with van der Waals surface area (Å²) in [5.74, 6) is -0.390. The van der Waals surface area contributed by atoms with Gasteiger partial charge in [0.1, 0.15) is 0 Å². The third kappa shape index (κ3) is 5.31. The summed E-state index contributed by atoms with van der Waals surface area (Å²) >= 11 is 0. The Hall–Kier alpha value is -1.59. The van der Waals surface area contributed by atoms with Crippen LogP contribution >= 0.6 is 12.4 Å². The maximum Gasteiger partial charge on any atom is 0.240 e. The number of carbonyl (C=O) groups excluding carboxylic acids is 2. The van der Waals surface area contributed by atoms with E-state index in [2.05, 4.69) is 10.6 Å². The molecule has 1 aliphatic rings. The first kappa shape index (κ1) is 18.5. The third-order valence-electron chi connectivity index (χ3n) is 3.94. The van der Waals surface area contributed by atoms with Crippen molar-refractivity contribution in [2.75, 3.05) is 13.1 Å². The minimum Gasteiger partial charge on any atom is -0.354 e. The number of nitrogens with two attached hydrogens (primary N) is 1. The third-order valence-corrected chi connectivity index (χ3v) is 3.94. The largest absolute Gasteiger partial charge is 0.354 e. The number of amides is 2. The van der Waals surface area contributed by atoms with Crippen molar-refractivity contribution < 1.29 is 9.59 Å². The molecule has 0 aliphatic heterocycles. The van der Waals surface area contributed by atoms with Crippen LogP contribution in [0.4, 0.5) is 0 Å². The maximum atomic E-state index is 12.0. The summed E-state index contributed by atoms with van der Waals surface area (Å²) in [7, 11) is 0. The Morgan fingerprint density at radius 2 is 1.73 bits per heavy atom. The number of hydrogen-bond acceptors (Lipinski definition) is 3. The summed E-state index contributed by atoms with van der Waals surface area (Å²) in [4.78, 5) is 23.6. The molecule has 1 aliphatic carbocycles. The van der Waals surface area contributed by atoms with Gasteiger partial charge in [-0.05, 0) is 24.8 Å². The first-order chi connectivity index (χ1) is 10.1. The van der Waals surface area contributed by atoms with E-state index in [0.717, 1.165) is 19.3 Å². The van der Waals surface area contributed by atoms with Gasteiger partial charge in [0.05, 0.1) is 12.1 Å². The van der Waals surface area contributed by atoms with Crippen molar-refractivity contribution in [3.63, 3.8) is 0 Å². The van der Waals surface area contributed by atoms with Crippen LogP contribution in [0.1, 0.15) is 31.2 Å². The molecule has 4 N–H and O–H groups in total. The average molecular weight is 326 g/mol. The van der Waals surface area contributed by atoms with Crippen molar-refractivity contribution in [1.82, 2.24) is 10.6 Å². The highest BCUT2D eigenvalue weighted by atomic mass is 35.5. The fourth-order valence-electron chi connectivity index (χ4n) is 2.62. The molecule has 1 aromatic rings. The van der Waals surface area contributed by atoms with Crippen LogP contribution in [0.5, 0.6) is 0 Å². The highest BCUT2D eigenvalue weighted by Gasteiger charge is 2.36. The summed E-state index contributed by atoms with van der Waals surface area (Å²) in [5, 5.41) is 5.43. The molecule has 1 aromatic carbocycles. The molecule has 1 saturated carbocycles. The molecule has 0 atom stereocenters. The minimum absolute atomic E-state index is 0. The van der Waals surface area contributed by atoms with Crippen LogP contribution in [0.2, 0.25) is 0 Å². The number of nitrogens with one attached hydrogen (secondary N) is 2. The maximum absolute atomic E-state index is 12.0. The molecule has 2 amide bonds. The second kappa shape index (κ2) is 8.76. The Morgan fingerprint density at radius 1 is 1.09 bits per heavy atom. The molecule has 0 saturated heterocycles. The van der Waals surface area contributed by atoms with Crippen molar-refractivity contribution in [1.29, 1.82) is 0 Å². The molecule has 0 bridgehead atoms. The molecule has 6 heteroatoms. The van der Waals surface area contributed by atoms with E-state index < -0.39 is 5.54 Å². The zero-order valence-corrected chi connectivity index (χ0v) is 13.5. The lowest BCUT2D eigenvalue weighted by Crippen LogP contribution is -2.53. The predicted octanol–water partition coefficient (Wildman–Crippen LogP) is 1.15. The highest BCUT2D eigenvalue weighted by molar-refractivity contribution is 5.90. The van der Waals surface area contributed by atoms with E-state index in [1.165, 1.54) is 5.56 Å². The normalized spacial score (nSPS) is 15.7. The molecular weight excluding hydrogens is 302 g/mol. The molecule has 0 aromatic heterocycles. The lowest BCUT2D eigenvalue weighted by molar-refractivity contribution is -0.129. The molecular formula is C16H24ClN3O2. The lowest BCUT2D eigenvalue weighted by Gasteiger charge is -2.21. The van der Waals surface area contributed by atoms with Crippen LogP contribution in [0.15, 0.2) is 30.3 Å².